The molecule has 2 aromatic carbocycles. The lowest BCUT2D eigenvalue weighted by atomic mass is 10.1. The summed E-state index contributed by atoms with van der Waals surface area (Å²) in [5.41, 5.74) is 7.15. The van der Waals surface area contributed by atoms with Crippen molar-refractivity contribution in [3.63, 3.8) is 0 Å². The van der Waals surface area contributed by atoms with E-state index in [1.807, 2.05) is 56.3 Å². The highest BCUT2D eigenvalue weighted by molar-refractivity contribution is 5.99. The quantitative estimate of drug-likeness (QED) is 0.670. The van der Waals surface area contributed by atoms with Crippen molar-refractivity contribution < 1.29 is 4.79 Å². The molecular weight excluding hydrogens is 262 g/mol. The molecule has 0 bridgehead atoms. The Kier molecular flexibility index (Phi) is 4.60. The Balaban J connectivity index is 2.19. The van der Waals surface area contributed by atoms with Crippen molar-refractivity contribution in [2.45, 2.75) is 20.4 Å². The first-order chi connectivity index (χ1) is 10.0. The summed E-state index contributed by atoms with van der Waals surface area (Å²) < 4.78 is 0. The summed E-state index contributed by atoms with van der Waals surface area (Å²) in [6, 6.07) is 13.8. The van der Waals surface area contributed by atoms with Gasteiger partial charge in [0.2, 0.25) is 0 Å². The van der Waals surface area contributed by atoms with Crippen molar-refractivity contribution in [3.05, 3.63) is 64.7 Å². The summed E-state index contributed by atoms with van der Waals surface area (Å²) >= 11 is 0. The van der Waals surface area contributed by atoms with Crippen LogP contribution in [0.5, 0.6) is 0 Å². The minimum Gasteiger partial charge on any atom is -0.337 e. The van der Waals surface area contributed by atoms with Gasteiger partial charge in [0, 0.05) is 13.6 Å². The number of carbonyl (C=O) groups excluding carboxylic acids is 1. The van der Waals surface area contributed by atoms with Crippen LogP contribution in [0.4, 0.5) is 5.69 Å². The van der Waals surface area contributed by atoms with Gasteiger partial charge in [-0.1, -0.05) is 41.5 Å². The number of nitrogens with zero attached hydrogens (tertiary/aromatic N) is 1. The number of rotatable bonds is 4. The van der Waals surface area contributed by atoms with Crippen molar-refractivity contribution in [2.75, 3.05) is 12.5 Å². The SMILES string of the molecule is Cc1ccc(CN(C)C(=O)c2cc(C)ccc2NN)cc1. The standard InChI is InChI=1S/C17H21N3O/c1-12-4-7-14(8-5-12)11-20(3)17(21)15-10-13(2)6-9-16(15)19-18/h4-10,19H,11,18H2,1-3H3. The lowest BCUT2D eigenvalue weighted by molar-refractivity contribution is 0.0786. The van der Waals surface area contributed by atoms with Crippen molar-refractivity contribution in [1.82, 2.24) is 4.90 Å². The Morgan fingerprint density at radius 2 is 1.71 bits per heavy atom. The molecule has 0 unspecified atom stereocenters. The third-order valence-electron chi connectivity index (χ3n) is 3.45. The normalized spacial score (nSPS) is 10.3. The first-order valence-corrected chi connectivity index (χ1v) is 6.89. The number of benzene rings is 2. The van der Waals surface area contributed by atoms with Crippen LogP contribution in [0, 0.1) is 13.8 Å². The zero-order valence-corrected chi connectivity index (χ0v) is 12.7. The number of amides is 1. The van der Waals surface area contributed by atoms with Gasteiger partial charge in [-0.25, -0.2) is 0 Å². The fourth-order valence-electron chi connectivity index (χ4n) is 2.21. The number of anilines is 1. The first-order valence-electron chi connectivity index (χ1n) is 6.89. The molecule has 4 heteroatoms. The molecule has 0 aliphatic heterocycles. The molecule has 0 spiro atoms. The van der Waals surface area contributed by atoms with E-state index in [0.717, 1.165) is 11.1 Å². The minimum atomic E-state index is -0.0489. The zero-order chi connectivity index (χ0) is 15.4. The summed E-state index contributed by atoms with van der Waals surface area (Å²) in [6.07, 6.45) is 0. The van der Waals surface area contributed by atoms with Crippen LogP contribution in [-0.2, 0) is 6.54 Å². The third-order valence-corrected chi connectivity index (χ3v) is 3.45. The maximum atomic E-state index is 12.6. The molecule has 0 radical (unpaired) electrons. The molecular formula is C17H21N3O. The molecule has 2 aromatic rings. The van der Waals surface area contributed by atoms with E-state index in [2.05, 4.69) is 5.43 Å². The Morgan fingerprint density at radius 3 is 2.33 bits per heavy atom. The van der Waals surface area contributed by atoms with E-state index in [1.165, 1.54) is 5.56 Å². The van der Waals surface area contributed by atoms with Gasteiger partial charge in [-0.05, 0) is 31.5 Å². The van der Waals surface area contributed by atoms with Crippen LogP contribution >= 0.6 is 0 Å². The number of aryl methyl sites for hydroxylation is 2. The number of nitrogens with two attached hydrogens (primary N) is 1. The smallest absolute Gasteiger partial charge is 0.256 e. The Labute approximate surface area is 125 Å². The average Bonchev–Trinajstić information content (AvgIpc) is 2.48. The first kappa shape index (κ1) is 15.1. The molecule has 1 amide bonds. The number of hydrogen-bond donors (Lipinski definition) is 2. The van der Waals surface area contributed by atoms with Crippen LogP contribution in [0.2, 0.25) is 0 Å². The summed E-state index contributed by atoms with van der Waals surface area (Å²) in [5, 5.41) is 0. The Morgan fingerprint density at radius 1 is 1.10 bits per heavy atom. The Bertz CT molecular complexity index is 635. The molecule has 4 nitrogen and oxygen atoms in total. The van der Waals surface area contributed by atoms with E-state index in [-0.39, 0.29) is 5.91 Å². The predicted molar refractivity (Wildman–Crippen MR) is 86.0 cm³/mol. The molecule has 0 saturated heterocycles. The Hall–Kier alpha value is -2.33. The van der Waals surface area contributed by atoms with E-state index < -0.39 is 0 Å². The van der Waals surface area contributed by atoms with Gasteiger partial charge in [0.1, 0.15) is 0 Å². The molecule has 0 saturated carbocycles. The predicted octanol–water partition coefficient (Wildman–Crippen LogP) is 2.86. The number of hydrazine groups is 1. The number of nitrogen functional groups attached to an aromatic ring is 1. The van der Waals surface area contributed by atoms with E-state index in [0.29, 0.717) is 17.8 Å². The molecule has 0 aliphatic rings. The van der Waals surface area contributed by atoms with Gasteiger partial charge < -0.3 is 10.3 Å². The third kappa shape index (κ3) is 3.61. The lowest BCUT2D eigenvalue weighted by Gasteiger charge is -2.19. The summed E-state index contributed by atoms with van der Waals surface area (Å²) in [7, 11) is 1.80. The highest BCUT2D eigenvalue weighted by atomic mass is 16.2. The van der Waals surface area contributed by atoms with E-state index in [4.69, 9.17) is 5.84 Å². The van der Waals surface area contributed by atoms with Gasteiger partial charge in [-0.15, -0.1) is 0 Å². The highest BCUT2D eigenvalue weighted by Gasteiger charge is 2.16. The van der Waals surface area contributed by atoms with Crippen LogP contribution in [0.3, 0.4) is 0 Å². The van der Waals surface area contributed by atoms with Crippen molar-refractivity contribution >= 4 is 11.6 Å². The molecule has 21 heavy (non-hydrogen) atoms. The fourth-order valence-corrected chi connectivity index (χ4v) is 2.21. The van der Waals surface area contributed by atoms with Crippen LogP contribution in [0.1, 0.15) is 27.0 Å². The summed E-state index contributed by atoms with van der Waals surface area (Å²) in [4.78, 5) is 14.3. The maximum absolute atomic E-state index is 12.6. The van der Waals surface area contributed by atoms with Crippen LogP contribution < -0.4 is 11.3 Å². The molecule has 0 aliphatic carbocycles. The maximum Gasteiger partial charge on any atom is 0.256 e. The molecule has 2 rings (SSSR count). The van der Waals surface area contributed by atoms with Gasteiger partial charge in [0.15, 0.2) is 0 Å². The van der Waals surface area contributed by atoms with Crippen LogP contribution in [-0.4, -0.2) is 17.9 Å². The molecule has 0 fully saturated rings. The van der Waals surface area contributed by atoms with Gasteiger partial charge in [-0.3, -0.25) is 10.6 Å². The van der Waals surface area contributed by atoms with Gasteiger partial charge in [0.25, 0.3) is 5.91 Å². The average molecular weight is 283 g/mol. The van der Waals surface area contributed by atoms with Crippen molar-refractivity contribution in [2.24, 2.45) is 5.84 Å². The fraction of sp³-hybridized carbons (Fsp3) is 0.235. The molecule has 0 heterocycles. The molecule has 0 aromatic heterocycles. The zero-order valence-electron chi connectivity index (χ0n) is 12.7. The second-order valence-electron chi connectivity index (χ2n) is 5.34. The number of carbonyl (C=O) groups is 1. The summed E-state index contributed by atoms with van der Waals surface area (Å²) in [5.74, 6) is 5.44. The van der Waals surface area contributed by atoms with Gasteiger partial charge in [-0.2, -0.15) is 0 Å². The van der Waals surface area contributed by atoms with E-state index >= 15 is 0 Å². The monoisotopic (exact) mass is 283 g/mol. The molecule has 110 valence electrons. The van der Waals surface area contributed by atoms with E-state index in [1.54, 1.807) is 11.9 Å². The molecule has 0 atom stereocenters. The van der Waals surface area contributed by atoms with Crippen molar-refractivity contribution in [1.29, 1.82) is 0 Å². The largest absolute Gasteiger partial charge is 0.337 e. The van der Waals surface area contributed by atoms with E-state index in [9.17, 15) is 4.79 Å². The number of hydrogen-bond acceptors (Lipinski definition) is 3. The second-order valence-corrected chi connectivity index (χ2v) is 5.34. The topological polar surface area (TPSA) is 58.4 Å². The highest BCUT2D eigenvalue weighted by Crippen LogP contribution is 2.19. The van der Waals surface area contributed by atoms with Crippen LogP contribution in [0.25, 0.3) is 0 Å². The lowest BCUT2D eigenvalue weighted by Crippen LogP contribution is -2.27. The van der Waals surface area contributed by atoms with Crippen LogP contribution in [0.15, 0.2) is 42.5 Å². The molecule has 3 N–H and O–H groups in total. The van der Waals surface area contributed by atoms with Crippen molar-refractivity contribution in [3.8, 4) is 0 Å². The van der Waals surface area contributed by atoms with Gasteiger partial charge >= 0.3 is 0 Å². The van der Waals surface area contributed by atoms with Gasteiger partial charge in [0.05, 0.1) is 11.3 Å². The number of nitrogens with one attached hydrogen (secondary N) is 1. The second kappa shape index (κ2) is 6.41. The summed E-state index contributed by atoms with van der Waals surface area (Å²) in [6.45, 7) is 4.57. The minimum absolute atomic E-state index is 0.0489.